The van der Waals surface area contributed by atoms with Crippen molar-refractivity contribution in [2.45, 2.75) is 6.54 Å². The zero-order valence-electron chi connectivity index (χ0n) is 7.57. The molecule has 1 N–H and O–H groups in total. The van der Waals surface area contributed by atoms with Crippen molar-refractivity contribution in [1.29, 1.82) is 0 Å². The number of hydrogen-bond donors (Lipinski definition) is 1. The van der Waals surface area contributed by atoms with Crippen LogP contribution in [0.1, 0.15) is 0 Å². The fraction of sp³-hybridized carbons (Fsp3) is 0.600. The van der Waals surface area contributed by atoms with Crippen molar-refractivity contribution in [2.24, 2.45) is 7.05 Å². The summed E-state index contributed by atoms with van der Waals surface area (Å²) in [6, 6.07) is 0. The summed E-state index contributed by atoms with van der Waals surface area (Å²) in [7, 11) is 1.76. The molecule has 14 heavy (non-hydrogen) atoms. The predicted molar refractivity (Wildman–Crippen MR) is 45.1 cm³/mol. The molecule has 2 heterocycles. The molecule has 0 aromatic carbocycles. The van der Waals surface area contributed by atoms with E-state index >= 15 is 0 Å². The molecule has 9 heteroatoms. The molecular formula is C5H9N9. The van der Waals surface area contributed by atoms with Gasteiger partial charge in [-0.1, -0.05) is 5.10 Å². The maximum atomic E-state index is 3.85. The van der Waals surface area contributed by atoms with E-state index in [1.165, 1.54) is 11.1 Å². The number of rotatable bonds is 4. The van der Waals surface area contributed by atoms with Crippen molar-refractivity contribution >= 4 is 5.95 Å². The van der Waals surface area contributed by atoms with Crippen molar-refractivity contribution in [3.05, 3.63) is 6.33 Å². The van der Waals surface area contributed by atoms with Gasteiger partial charge < -0.3 is 5.32 Å². The van der Waals surface area contributed by atoms with Gasteiger partial charge in [-0.25, -0.2) is 4.68 Å². The first-order valence-electron chi connectivity index (χ1n) is 4.03. The molecular weight excluding hydrogens is 186 g/mol. The average molecular weight is 195 g/mol. The number of tetrazole rings is 2. The average Bonchev–Trinajstić information content (AvgIpc) is 2.78. The first-order chi connectivity index (χ1) is 6.86. The standard InChI is InChI=1S/C5H9N9/c1-13-5(9-10-12-13)6-2-3-14-8-4-7-11-14/h4H,2-3H2,1H3,(H,6,9,12). The molecule has 0 amide bonds. The summed E-state index contributed by atoms with van der Waals surface area (Å²) < 4.78 is 1.55. The molecule has 74 valence electrons. The SMILES string of the molecule is Cn1nnnc1NCCn1ncnn1. The second kappa shape index (κ2) is 3.77. The van der Waals surface area contributed by atoms with Crippen LogP contribution in [0.3, 0.4) is 0 Å². The lowest BCUT2D eigenvalue weighted by Crippen LogP contribution is -2.15. The van der Waals surface area contributed by atoms with E-state index < -0.39 is 0 Å². The Morgan fingerprint density at radius 1 is 1.43 bits per heavy atom. The Labute approximate surface area is 79.1 Å². The Kier molecular flexibility index (Phi) is 2.30. The maximum absolute atomic E-state index is 3.85. The number of aryl methyl sites for hydroxylation is 1. The van der Waals surface area contributed by atoms with E-state index in [-0.39, 0.29) is 0 Å². The van der Waals surface area contributed by atoms with Crippen LogP contribution in [-0.4, -0.2) is 47.0 Å². The van der Waals surface area contributed by atoms with Gasteiger partial charge in [-0.05, 0) is 15.6 Å². The van der Waals surface area contributed by atoms with Gasteiger partial charge in [-0.2, -0.15) is 4.80 Å². The minimum Gasteiger partial charge on any atom is -0.351 e. The van der Waals surface area contributed by atoms with Crippen LogP contribution in [0.4, 0.5) is 5.95 Å². The van der Waals surface area contributed by atoms with Crippen molar-refractivity contribution in [2.75, 3.05) is 11.9 Å². The second-order valence-electron chi connectivity index (χ2n) is 2.58. The Balaban J connectivity index is 1.81. The summed E-state index contributed by atoms with van der Waals surface area (Å²) in [5.41, 5.74) is 0. The number of anilines is 1. The lowest BCUT2D eigenvalue weighted by atomic mass is 10.6. The lowest BCUT2D eigenvalue weighted by molar-refractivity contribution is 0.537. The van der Waals surface area contributed by atoms with E-state index in [2.05, 4.69) is 36.3 Å². The molecule has 0 unspecified atom stereocenters. The van der Waals surface area contributed by atoms with Crippen LogP contribution in [0.25, 0.3) is 0 Å². The summed E-state index contributed by atoms with van der Waals surface area (Å²) in [6.45, 7) is 1.26. The molecule has 0 radical (unpaired) electrons. The molecule has 0 aliphatic rings. The topological polar surface area (TPSA) is 99.2 Å². The quantitative estimate of drug-likeness (QED) is 0.621. The zero-order valence-corrected chi connectivity index (χ0v) is 7.57. The summed E-state index contributed by atoms with van der Waals surface area (Å²) in [5.74, 6) is 0.616. The van der Waals surface area contributed by atoms with Gasteiger partial charge in [-0.15, -0.1) is 10.2 Å². The van der Waals surface area contributed by atoms with Gasteiger partial charge in [0.2, 0.25) is 5.95 Å². The highest BCUT2D eigenvalue weighted by Gasteiger charge is 1.99. The third kappa shape index (κ3) is 1.81. The highest BCUT2D eigenvalue weighted by Crippen LogP contribution is 1.93. The van der Waals surface area contributed by atoms with Crippen LogP contribution >= 0.6 is 0 Å². The fourth-order valence-corrected chi connectivity index (χ4v) is 0.938. The molecule has 2 aromatic rings. The van der Waals surface area contributed by atoms with Crippen LogP contribution in [0, 0.1) is 0 Å². The normalized spacial score (nSPS) is 10.4. The largest absolute Gasteiger partial charge is 0.351 e. The van der Waals surface area contributed by atoms with Crippen molar-refractivity contribution in [3.8, 4) is 0 Å². The molecule has 0 saturated heterocycles. The Hall–Kier alpha value is -2.06. The minimum atomic E-state index is 0.616. The minimum absolute atomic E-state index is 0.616. The molecule has 0 saturated carbocycles. The molecule has 0 spiro atoms. The van der Waals surface area contributed by atoms with Gasteiger partial charge in [0.25, 0.3) is 0 Å². The van der Waals surface area contributed by atoms with Crippen LogP contribution in [0.2, 0.25) is 0 Å². The van der Waals surface area contributed by atoms with E-state index in [4.69, 9.17) is 0 Å². The Morgan fingerprint density at radius 3 is 3.00 bits per heavy atom. The van der Waals surface area contributed by atoms with Gasteiger partial charge in [0.15, 0.2) is 6.33 Å². The molecule has 2 rings (SSSR count). The molecule has 0 aliphatic heterocycles. The van der Waals surface area contributed by atoms with Gasteiger partial charge in [-0.3, -0.25) is 0 Å². The van der Waals surface area contributed by atoms with Crippen molar-refractivity contribution in [3.63, 3.8) is 0 Å². The van der Waals surface area contributed by atoms with Gasteiger partial charge in [0, 0.05) is 13.6 Å². The number of hydrogen-bond acceptors (Lipinski definition) is 7. The van der Waals surface area contributed by atoms with E-state index in [1.807, 2.05) is 0 Å². The van der Waals surface area contributed by atoms with Gasteiger partial charge in [0.1, 0.15) is 0 Å². The first-order valence-corrected chi connectivity index (χ1v) is 4.03. The van der Waals surface area contributed by atoms with Gasteiger partial charge in [0.05, 0.1) is 6.54 Å². The lowest BCUT2D eigenvalue weighted by Gasteiger charge is -2.01. The van der Waals surface area contributed by atoms with E-state index in [0.717, 1.165) is 0 Å². The number of nitrogens with one attached hydrogen (secondary N) is 1. The summed E-state index contributed by atoms with van der Waals surface area (Å²) >= 11 is 0. The fourth-order valence-electron chi connectivity index (χ4n) is 0.938. The molecule has 9 nitrogen and oxygen atoms in total. The van der Waals surface area contributed by atoms with E-state index in [9.17, 15) is 0 Å². The Morgan fingerprint density at radius 2 is 2.36 bits per heavy atom. The predicted octanol–water partition coefficient (Wildman–Crippen LogP) is -1.69. The van der Waals surface area contributed by atoms with Gasteiger partial charge >= 0.3 is 0 Å². The molecule has 0 fully saturated rings. The third-order valence-corrected chi connectivity index (χ3v) is 1.61. The molecule has 2 aromatic heterocycles. The molecule has 0 aliphatic carbocycles. The van der Waals surface area contributed by atoms with Crippen LogP contribution in [0.5, 0.6) is 0 Å². The third-order valence-electron chi connectivity index (χ3n) is 1.61. The summed E-state index contributed by atoms with van der Waals surface area (Å²) in [4.78, 5) is 1.48. The summed E-state index contributed by atoms with van der Waals surface area (Å²) in [5, 5.41) is 25.1. The maximum Gasteiger partial charge on any atom is 0.242 e. The first kappa shape index (κ1) is 8.53. The van der Waals surface area contributed by atoms with Crippen LogP contribution in [-0.2, 0) is 13.6 Å². The zero-order chi connectivity index (χ0) is 9.80. The van der Waals surface area contributed by atoms with E-state index in [0.29, 0.717) is 19.0 Å². The highest BCUT2D eigenvalue weighted by atomic mass is 15.6. The molecule has 0 atom stereocenters. The monoisotopic (exact) mass is 195 g/mol. The Bertz CT molecular complexity index is 376. The highest BCUT2D eigenvalue weighted by molar-refractivity contribution is 5.20. The van der Waals surface area contributed by atoms with Crippen LogP contribution < -0.4 is 5.32 Å². The van der Waals surface area contributed by atoms with E-state index in [1.54, 1.807) is 11.7 Å². The number of nitrogens with zero attached hydrogens (tertiary/aromatic N) is 8. The molecule has 0 bridgehead atoms. The smallest absolute Gasteiger partial charge is 0.242 e. The number of aromatic nitrogens is 8. The van der Waals surface area contributed by atoms with Crippen molar-refractivity contribution < 1.29 is 0 Å². The van der Waals surface area contributed by atoms with Crippen LogP contribution in [0.15, 0.2) is 6.33 Å². The van der Waals surface area contributed by atoms with Crippen molar-refractivity contribution in [1.82, 2.24) is 40.4 Å². The second-order valence-corrected chi connectivity index (χ2v) is 2.58. The summed E-state index contributed by atoms with van der Waals surface area (Å²) in [6.07, 6.45) is 1.39.